The maximum atomic E-state index is 4.78. The number of hydrogen-bond donors (Lipinski definition) is 0. The number of nitrogens with zero attached hydrogens (tertiary/aromatic N) is 7. The van der Waals surface area contributed by atoms with E-state index >= 15 is 0 Å². The van der Waals surface area contributed by atoms with E-state index in [9.17, 15) is 0 Å². The van der Waals surface area contributed by atoms with E-state index in [2.05, 4.69) is 49.1 Å². The summed E-state index contributed by atoms with van der Waals surface area (Å²) in [6.45, 7) is 6.90. The van der Waals surface area contributed by atoms with Gasteiger partial charge < -0.3 is 0 Å². The van der Waals surface area contributed by atoms with Crippen molar-refractivity contribution < 1.29 is 0 Å². The van der Waals surface area contributed by atoms with E-state index < -0.39 is 0 Å². The Kier molecular flexibility index (Phi) is 3.76. The largest absolute Gasteiger partial charge is 0.268 e. The fraction of sp³-hybridized carbons (Fsp3) is 0.278. The highest BCUT2D eigenvalue weighted by atomic mass is 79.9. The van der Waals surface area contributed by atoms with Gasteiger partial charge in [-0.15, -0.1) is 16.4 Å². The standard InChI is InChI=1S/C18H16BrN7S/c1-9-6-10(2)22-18-14(9)15-16(27-18)17-23-13(24-26(17)8-20-15)4-5-25-11(3)12(19)7-21-25/h6-8H,4-5H2,1-3H3. The molecule has 0 aromatic carbocycles. The summed E-state index contributed by atoms with van der Waals surface area (Å²) in [7, 11) is 0. The molecule has 0 radical (unpaired) electrons. The molecule has 27 heavy (non-hydrogen) atoms. The van der Waals surface area contributed by atoms with Crippen LogP contribution in [0.15, 0.2) is 23.1 Å². The Labute approximate surface area is 167 Å². The van der Waals surface area contributed by atoms with Crippen LogP contribution in [0.5, 0.6) is 0 Å². The monoisotopic (exact) mass is 441 g/mol. The minimum atomic E-state index is 0.708. The normalized spacial score (nSPS) is 12.0. The number of halogens is 1. The zero-order chi connectivity index (χ0) is 18.7. The van der Waals surface area contributed by atoms with E-state index in [-0.39, 0.29) is 0 Å². The third-order valence-corrected chi connectivity index (χ3v) is 6.57. The van der Waals surface area contributed by atoms with Crippen molar-refractivity contribution in [3.05, 3.63) is 45.8 Å². The molecule has 0 bridgehead atoms. The molecule has 136 valence electrons. The van der Waals surface area contributed by atoms with Crippen molar-refractivity contribution in [1.29, 1.82) is 0 Å². The lowest BCUT2D eigenvalue weighted by Gasteiger charge is -2.01. The smallest absolute Gasteiger partial charge is 0.176 e. The van der Waals surface area contributed by atoms with Crippen molar-refractivity contribution in [2.45, 2.75) is 33.7 Å². The second-order valence-corrected chi connectivity index (χ2v) is 8.49. The van der Waals surface area contributed by atoms with Gasteiger partial charge in [0.1, 0.15) is 15.9 Å². The lowest BCUT2D eigenvalue weighted by atomic mass is 10.1. The van der Waals surface area contributed by atoms with Crippen molar-refractivity contribution in [2.24, 2.45) is 0 Å². The van der Waals surface area contributed by atoms with Gasteiger partial charge >= 0.3 is 0 Å². The average Bonchev–Trinajstić information content (AvgIpc) is 3.29. The van der Waals surface area contributed by atoms with Crippen molar-refractivity contribution in [1.82, 2.24) is 34.3 Å². The second-order valence-electron chi connectivity index (χ2n) is 6.63. The molecule has 0 N–H and O–H groups in total. The molecule has 0 amide bonds. The summed E-state index contributed by atoms with van der Waals surface area (Å²) in [6, 6.07) is 2.10. The first-order valence-corrected chi connectivity index (χ1v) is 10.2. The van der Waals surface area contributed by atoms with Gasteiger partial charge in [-0.1, -0.05) is 0 Å². The summed E-state index contributed by atoms with van der Waals surface area (Å²) < 4.78 is 5.77. The van der Waals surface area contributed by atoms with Crippen LogP contribution >= 0.6 is 27.3 Å². The Balaban J connectivity index is 1.59. The highest BCUT2D eigenvalue weighted by Gasteiger charge is 2.16. The zero-order valence-electron chi connectivity index (χ0n) is 15.1. The molecule has 0 saturated heterocycles. The first kappa shape index (κ1) is 16.8. The molecule has 0 aliphatic heterocycles. The van der Waals surface area contributed by atoms with Crippen molar-refractivity contribution >= 4 is 53.3 Å². The Bertz CT molecular complexity index is 1330. The summed E-state index contributed by atoms with van der Waals surface area (Å²) in [5.41, 5.74) is 5.11. The van der Waals surface area contributed by atoms with Gasteiger partial charge in [-0.05, 0) is 48.3 Å². The van der Waals surface area contributed by atoms with Crippen LogP contribution in [-0.4, -0.2) is 34.3 Å². The average molecular weight is 442 g/mol. The molecule has 0 atom stereocenters. The molecule has 0 spiro atoms. The molecule has 0 unspecified atom stereocenters. The molecular weight excluding hydrogens is 426 g/mol. The van der Waals surface area contributed by atoms with E-state index in [1.807, 2.05) is 24.7 Å². The zero-order valence-corrected chi connectivity index (χ0v) is 17.5. The number of rotatable bonds is 3. The second kappa shape index (κ2) is 6.07. The number of hydrogen-bond acceptors (Lipinski definition) is 6. The van der Waals surface area contributed by atoms with Crippen LogP contribution in [0.25, 0.3) is 26.1 Å². The predicted molar refractivity (Wildman–Crippen MR) is 109 cm³/mol. The molecular formula is C18H16BrN7S. The molecule has 5 rings (SSSR count). The molecule has 0 aliphatic carbocycles. The van der Waals surface area contributed by atoms with Crippen LogP contribution in [0.4, 0.5) is 0 Å². The Morgan fingerprint density at radius 1 is 1.19 bits per heavy atom. The van der Waals surface area contributed by atoms with Crippen molar-refractivity contribution in [3.8, 4) is 0 Å². The van der Waals surface area contributed by atoms with Gasteiger partial charge in [0.2, 0.25) is 0 Å². The maximum absolute atomic E-state index is 4.78. The highest BCUT2D eigenvalue weighted by Crippen LogP contribution is 2.35. The molecule has 0 aliphatic rings. The van der Waals surface area contributed by atoms with Gasteiger partial charge in [0.25, 0.3) is 0 Å². The summed E-state index contributed by atoms with van der Waals surface area (Å²) in [5.74, 6) is 0.786. The first-order chi connectivity index (χ1) is 13.0. The minimum absolute atomic E-state index is 0.708. The fourth-order valence-electron chi connectivity index (χ4n) is 3.37. The summed E-state index contributed by atoms with van der Waals surface area (Å²) in [6.07, 6.45) is 4.27. The molecule has 9 heteroatoms. The predicted octanol–water partition coefficient (Wildman–Crippen LogP) is 4.01. The molecule has 7 nitrogen and oxygen atoms in total. The van der Waals surface area contributed by atoms with Crippen LogP contribution in [0.1, 0.15) is 22.8 Å². The highest BCUT2D eigenvalue weighted by molar-refractivity contribution is 9.10. The number of thiophene rings is 1. The summed E-state index contributed by atoms with van der Waals surface area (Å²) in [5, 5.41) is 10.1. The van der Waals surface area contributed by atoms with Gasteiger partial charge in [0, 0.05) is 29.7 Å². The van der Waals surface area contributed by atoms with Crippen LogP contribution in [0.2, 0.25) is 0 Å². The van der Waals surface area contributed by atoms with Gasteiger partial charge in [-0.3, -0.25) is 4.68 Å². The molecule has 0 fully saturated rings. The van der Waals surface area contributed by atoms with E-state index in [1.54, 1.807) is 22.2 Å². The van der Waals surface area contributed by atoms with E-state index in [1.165, 1.54) is 5.56 Å². The van der Waals surface area contributed by atoms with Crippen LogP contribution in [0.3, 0.4) is 0 Å². The fourth-order valence-corrected chi connectivity index (χ4v) is 4.89. The minimum Gasteiger partial charge on any atom is -0.268 e. The molecule has 0 saturated carbocycles. The third-order valence-electron chi connectivity index (χ3n) is 4.73. The van der Waals surface area contributed by atoms with Crippen LogP contribution in [-0.2, 0) is 13.0 Å². The van der Waals surface area contributed by atoms with Gasteiger partial charge in [-0.2, -0.15) is 5.10 Å². The quantitative estimate of drug-likeness (QED) is 0.422. The Morgan fingerprint density at radius 3 is 2.81 bits per heavy atom. The van der Waals surface area contributed by atoms with Crippen LogP contribution < -0.4 is 0 Å². The molecule has 5 aromatic rings. The number of aromatic nitrogens is 7. The van der Waals surface area contributed by atoms with Gasteiger partial charge in [0.05, 0.1) is 16.2 Å². The molecule has 5 aromatic heterocycles. The SMILES string of the molecule is Cc1cc(C)c2c(n1)sc1c2ncn2nc(CCn3ncc(Br)c3C)nc12. The lowest BCUT2D eigenvalue weighted by Crippen LogP contribution is -2.06. The number of fused-ring (bicyclic) bond motifs is 5. The first-order valence-electron chi connectivity index (χ1n) is 8.60. The van der Waals surface area contributed by atoms with E-state index in [0.29, 0.717) is 6.42 Å². The van der Waals surface area contributed by atoms with Crippen molar-refractivity contribution in [3.63, 3.8) is 0 Å². The van der Waals surface area contributed by atoms with Crippen molar-refractivity contribution in [2.75, 3.05) is 0 Å². The summed E-state index contributed by atoms with van der Waals surface area (Å²) in [4.78, 5) is 15.1. The molecule has 5 heterocycles. The van der Waals surface area contributed by atoms with E-state index in [4.69, 9.17) is 4.98 Å². The van der Waals surface area contributed by atoms with Gasteiger partial charge in [-0.25, -0.2) is 19.5 Å². The lowest BCUT2D eigenvalue weighted by molar-refractivity contribution is 0.584. The number of aryl methyl sites for hydroxylation is 4. The van der Waals surface area contributed by atoms with Crippen LogP contribution in [0, 0.1) is 20.8 Å². The Hall–Kier alpha value is -2.39. The van der Waals surface area contributed by atoms with E-state index in [0.717, 1.165) is 54.3 Å². The third kappa shape index (κ3) is 2.64. The Morgan fingerprint density at radius 2 is 2.04 bits per heavy atom. The summed E-state index contributed by atoms with van der Waals surface area (Å²) >= 11 is 5.13. The topological polar surface area (TPSA) is 73.8 Å². The number of pyridine rings is 1. The maximum Gasteiger partial charge on any atom is 0.176 e. The van der Waals surface area contributed by atoms with Gasteiger partial charge in [0.15, 0.2) is 11.5 Å².